The van der Waals surface area contributed by atoms with Gasteiger partial charge in [-0.2, -0.15) is 5.10 Å². The summed E-state index contributed by atoms with van der Waals surface area (Å²) in [5.41, 5.74) is 5.39. The van der Waals surface area contributed by atoms with Crippen molar-refractivity contribution in [3.63, 3.8) is 0 Å². The molecule has 2 amide bonds. The zero-order valence-corrected chi connectivity index (χ0v) is 18.5. The highest BCUT2D eigenvalue weighted by molar-refractivity contribution is 5.82. The Bertz CT molecular complexity index is 952. The van der Waals surface area contributed by atoms with Gasteiger partial charge in [-0.15, -0.1) is 0 Å². The molecule has 1 saturated heterocycles. The molecule has 6 heteroatoms. The maximum absolute atomic E-state index is 13.1. The fraction of sp³-hybridized carbons (Fsp3) is 0.542. The lowest BCUT2D eigenvalue weighted by molar-refractivity contribution is -0.140. The van der Waals surface area contributed by atoms with Gasteiger partial charge in [0, 0.05) is 49.8 Å². The highest BCUT2D eigenvalue weighted by atomic mass is 16.2. The number of piperidine rings is 1. The molecule has 1 aliphatic carbocycles. The number of benzene rings is 1. The van der Waals surface area contributed by atoms with E-state index in [0.717, 1.165) is 48.3 Å². The van der Waals surface area contributed by atoms with Crippen molar-refractivity contribution in [2.75, 3.05) is 20.1 Å². The lowest BCUT2D eigenvalue weighted by Gasteiger charge is -2.33. The molecular formula is C24H32N4O2. The molecule has 2 heterocycles. The Morgan fingerprint density at radius 1 is 1.03 bits per heavy atom. The third-order valence-electron chi connectivity index (χ3n) is 6.64. The van der Waals surface area contributed by atoms with E-state index in [9.17, 15) is 9.59 Å². The molecule has 30 heavy (non-hydrogen) atoms. The van der Waals surface area contributed by atoms with Gasteiger partial charge in [-0.25, -0.2) is 4.68 Å². The van der Waals surface area contributed by atoms with E-state index < -0.39 is 0 Å². The normalized spacial score (nSPS) is 17.3. The zero-order valence-electron chi connectivity index (χ0n) is 18.5. The van der Waals surface area contributed by atoms with Gasteiger partial charge in [0.2, 0.25) is 11.8 Å². The number of nitrogens with zero attached hydrogens (tertiary/aromatic N) is 4. The van der Waals surface area contributed by atoms with E-state index in [-0.39, 0.29) is 17.7 Å². The van der Waals surface area contributed by atoms with Crippen LogP contribution in [-0.2, 0) is 16.1 Å². The van der Waals surface area contributed by atoms with Gasteiger partial charge in [0.25, 0.3) is 0 Å². The van der Waals surface area contributed by atoms with Gasteiger partial charge < -0.3 is 9.80 Å². The molecule has 0 bridgehead atoms. The molecule has 160 valence electrons. The quantitative estimate of drug-likeness (QED) is 0.762. The Hall–Kier alpha value is -2.63. The first-order chi connectivity index (χ1) is 14.4. The lowest BCUT2D eigenvalue weighted by Crippen LogP contribution is -2.43. The molecule has 0 radical (unpaired) electrons. The van der Waals surface area contributed by atoms with Crippen LogP contribution >= 0.6 is 0 Å². The number of hydrogen-bond donors (Lipinski definition) is 0. The van der Waals surface area contributed by atoms with Crippen molar-refractivity contribution in [3.8, 4) is 5.69 Å². The van der Waals surface area contributed by atoms with E-state index in [0.29, 0.717) is 25.5 Å². The van der Waals surface area contributed by atoms with Gasteiger partial charge in [0.15, 0.2) is 0 Å². The molecule has 4 rings (SSSR count). The molecule has 0 unspecified atom stereocenters. The van der Waals surface area contributed by atoms with E-state index in [1.54, 1.807) is 0 Å². The van der Waals surface area contributed by atoms with Crippen molar-refractivity contribution in [1.82, 2.24) is 19.6 Å². The first-order valence-corrected chi connectivity index (χ1v) is 11.0. The zero-order chi connectivity index (χ0) is 21.4. The molecule has 2 fully saturated rings. The Morgan fingerprint density at radius 2 is 1.70 bits per heavy atom. The highest BCUT2D eigenvalue weighted by Gasteiger charge is 2.36. The fourth-order valence-electron chi connectivity index (χ4n) is 4.50. The van der Waals surface area contributed by atoms with E-state index in [2.05, 4.69) is 26.0 Å². The van der Waals surface area contributed by atoms with E-state index >= 15 is 0 Å². The summed E-state index contributed by atoms with van der Waals surface area (Å²) in [4.78, 5) is 29.1. The molecule has 1 aliphatic heterocycles. The van der Waals surface area contributed by atoms with Crippen LogP contribution in [0.5, 0.6) is 0 Å². The highest BCUT2D eigenvalue weighted by Crippen LogP contribution is 2.33. The minimum atomic E-state index is 0.00489. The maximum Gasteiger partial charge on any atom is 0.225 e. The average molecular weight is 409 g/mol. The minimum absolute atomic E-state index is 0.00489. The largest absolute Gasteiger partial charge is 0.342 e. The molecule has 0 atom stereocenters. The summed E-state index contributed by atoms with van der Waals surface area (Å²) in [6.07, 6.45) is 3.61. The number of amides is 2. The van der Waals surface area contributed by atoms with Gasteiger partial charge in [0.1, 0.15) is 0 Å². The van der Waals surface area contributed by atoms with Gasteiger partial charge >= 0.3 is 0 Å². The van der Waals surface area contributed by atoms with Crippen molar-refractivity contribution in [2.24, 2.45) is 11.8 Å². The Balaban J connectivity index is 1.41. The first-order valence-electron chi connectivity index (χ1n) is 11.0. The minimum Gasteiger partial charge on any atom is -0.342 e. The third-order valence-corrected chi connectivity index (χ3v) is 6.64. The third kappa shape index (κ3) is 4.00. The van der Waals surface area contributed by atoms with Crippen LogP contribution in [0.4, 0.5) is 0 Å². The van der Waals surface area contributed by atoms with Crippen molar-refractivity contribution in [2.45, 2.75) is 53.0 Å². The van der Waals surface area contributed by atoms with Crippen LogP contribution in [0.15, 0.2) is 24.3 Å². The molecule has 2 aliphatic rings. The second-order valence-electron chi connectivity index (χ2n) is 8.92. The summed E-state index contributed by atoms with van der Waals surface area (Å²) in [7, 11) is 1.88. The summed E-state index contributed by atoms with van der Waals surface area (Å²) in [5.74, 6) is 0.737. The van der Waals surface area contributed by atoms with Crippen LogP contribution in [0.1, 0.15) is 48.2 Å². The number of aryl methyl sites for hydroxylation is 2. The topological polar surface area (TPSA) is 58.4 Å². The SMILES string of the molecule is Cc1ccccc1-n1nc(C)c(CN(C)C(=O)C2CCN(C(=O)C3CC3)CC2)c1C. The second-order valence-corrected chi connectivity index (χ2v) is 8.92. The molecule has 1 aromatic carbocycles. The van der Waals surface area contributed by atoms with E-state index in [1.807, 2.05) is 40.6 Å². The molecule has 6 nitrogen and oxygen atoms in total. The van der Waals surface area contributed by atoms with Gasteiger partial charge in [0.05, 0.1) is 11.4 Å². The summed E-state index contributed by atoms with van der Waals surface area (Å²) >= 11 is 0. The average Bonchev–Trinajstić information content (AvgIpc) is 3.56. The predicted octanol–water partition coefficient (Wildman–Crippen LogP) is 3.40. The summed E-state index contributed by atoms with van der Waals surface area (Å²) < 4.78 is 1.99. The Morgan fingerprint density at radius 3 is 2.33 bits per heavy atom. The van der Waals surface area contributed by atoms with Gasteiger partial charge in [-0.05, 0) is 58.1 Å². The lowest BCUT2D eigenvalue weighted by atomic mass is 9.95. The van der Waals surface area contributed by atoms with Gasteiger partial charge in [-0.3, -0.25) is 9.59 Å². The monoisotopic (exact) mass is 408 g/mol. The first kappa shape index (κ1) is 20.6. The van der Waals surface area contributed by atoms with Crippen molar-refractivity contribution in [1.29, 1.82) is 0 Å². The Kier molecular flexibility index (Phi) is 5.67. The Labute approximate surface area is 178 Å². The number of likely N-dealkylation sites (tertiary alicyclic amines) is 1. The number of rotatable bonds is 5. The van der Waals surface area contributed by atoms with Crippen molar-refractivity contribution < 1.29 is 9.59 Å². The number of hydrogen-bond acceptors (Lipinski definition) is 3. The van der Waals surface area contributed by atoms with Crippen LogP contribution in [0, 0.1) is 32.6 Å². The van der Waals surface area contributed by atoms with E-state index in [4.69, 9.17) is 5.10 Å². The van der Waals surface area contributed by atoms with Crippen molar-refractivity contribution >= 4 is 11.8 Å². The van der Waals surface area contributed by atoms with Crippen LogP contribution in [-0.4, -0.2) is 51.5 Å². The van der Waals surface area contributed by atoms with Crippen molar-refractivity contribution in [3.05, 3.63) is 46.8 Å². The second kappa shape index (κ2) is 8.25. The smallest absolute Gasteiger partial charge is 0.225 e. The summed E-state index contributed by atoms with van der Waals surface area (Å²) in [6, 6.07) is 8.21. The molecule has 1 aromatic heterocycles. The maximum atomic E-state index is 13.1. The summed E-state index contributed by atoms with van der Waals surface area (Å²) in [5, 5.41) is 4.75. The van der Waals surface area contributed by atoms with Crippen LogP contribution in [0.25, 0.3) is 5.69 Å². The number of carbonyl (C=O) groups is 2. The molecular weight excluding hydrogens is 376 g/mol. The van der Waals surface area contributed by atoms with Crippen LogP contribution in [0.2, 0.25) is 0 Å². The number of aromatic nitrogens is 2. The standard InChI is InChI=1S/C24H32N4O2/c1-16-7-5-6-8-22(16)28-18(3)21(17(2)25-28)15-26(4)23(29)20-11-13-27(14-12-20)24(30)19-9-10-19/h5-8,19-20H,9-15H2,1-4H3. The van der Waals surface area contributed by atoms with Crippen LogP contribution < -0.4 is 0 Å². The summed E-state index contributed by atoms with van der Waals surface area (Å²) in [6.45, 7) is 8.15. The van der Waals surface area contributed by atoms with E-state index in [1.165, 1.54) is 5.56 Å². The molecule has 1 saturated carbocycles. The molecule has 0 spiro atoms. The molecule has 0 N–H and O–H groups in total. The van der Waals surface area contributed by atoms with Gasteiger partial charge in [-0.1, -0.05) is 18.2 Å². The molecule has 2 aromatic rings. The predicted molar refractivity (Wildman–Crippen MR) is 116 cm³/mol. The van der Waals surface area contributed by atoms with Crippen LogP contribution in [0.3, 0.4) is 0 Å². The number of carbonyl (C=O) groups excluding carboxylic acids is 2. The fourth-order valence-corrected chi connectivity index (χ4v) is 4.50. The number of para-hydroxylation sites is 1.